The third-order valence-electron chi connectivity index (χ3n) is 3.54. The van der Waals surface area contributed by atoms with Crippen LogP contribution in [0.5, 0.6) is 0 Å². The number of esters is 1. The third kappa shape index (κ3) is 6.68. The third-order valence-corrected chi connectivity index (χ3v) is 3.54. The highest BCUT2D eigenvalue weighted by molar-refractivity contribution is 5.94. The van der Waals surface area contributed by atoms with Crippen LogP contribution in [0.15, 0.2) is 30.3 Å². The molecule has 4 nitrogen and oxygen atoms in total. The predicted molar refractivity (Wildman–Crippen MR) is 93.0 cm³/mol. The molecule has 0 aliphatic heterocycles. The largest absolute Gasteiger partial charge is 0.467 e. The highest BCUT2D eigenvalue weighted by atomic mass is 16.5. The van der Waals surface area contributed by atoms with E-state index in [4.69, 9.17) is 4.74 Å². The van der Waals surface area contributed by atoms with Crippen LogP contribution in [0.1, 0.15) is 51.2 Å². The minimum atomic E-state index is -0.611. The Kier molecular flexibility index (Phi) is 7.52. The summed E-state index contributed by atoms with van der Waals surface area (Å²) >= 11 is 0. The lowest BCUT2D eigenvalue weighted by atomic mass is 10.0. The van der Waals surface area contributed by atoms with E-state index in [1.807, 2.05) is 26.0 Å². The van der Waals surface area contributed by atoms with Gasteiger partial charge in [0.25, 0.3) is 0 Å². The summed E-state index contributed by atoms with van der Waals surface area (Å²) in [5.41, 5.74) is 2.21. The van der Waals surface area contributed by atoms with Gasteiger partial charge in [0.05, 0.1) is 7.11 Å². The molecule has 1 rings (SSSR count). The van der Waals surface area contributed by atoms with Gasteiger partial charge in [0.1, 0.15) is 6.04 Å². The van der Waals surface area contributed by atoms with Crippen molar-refractivity contribution in [2.45, 2.75) is 46.1 Å². The van der Waals surface area contributed by atoms with Crippen molar-refractivity contribution < 1.29 is 14.3 Å². The topological polar surface area (TPSA) is 55.4 Å². The van der Waals surface area contributed by atoms with Crippen LogP contribution in [0.2, 0.25) is 0 Å². The lowest BCUT2D eigenvalue weighted by Gasteiger charge is -2.17. The van der Waals surface area contributed by atoms with Gasteiger partial charge in [0, 0.05) is 6.08 Å². The van der Waals surface area contributed by atoms with E-state index in [1.165, 1.54) is 18.7 Å². The van der Waals surface area contributed by atoms with Crippen LogP contribution in [0.3, 0.4) is 0 Å². The molecule has 4 heteroatoms. The van der Waals surface area contributed by atoms with Gasteiger partial charge in [0.15, 0.2) is 0 Å². The first kappa shape index (κ1) is 18.9. The molecular formula is C19H27NO3. The molecule has 0 aliphatic carbocycles. The average molecular weight is 317 g/mol. The van der Waals surface area contributed by atoms with Crippen molar-refractivity contribution in [2.75, 3.05) is 7.11 Å². The number of hydrogen-bond donors (Lipinski definition) is 1. The molecule has 0 radical (unpaired) electrons. The molecule has 0 aliphatic rings. The van der Waals surface area contributed by atoms with Gasteiger partial charge in [-0.15, -0.1) is 0 Å². The molecule has 0 saturated heterocycles. The molecule has 126 valence electrons. The summed E-state index contributed by atoms with van der Waals surface area (Å²) in [6, 6.07) is 7.45. The molecule has 1 N–H and O–H groups in total. The first-order chi connectivity index (χ1) is 10.8. The van der Waals surface area contributed by atoms with E-state index in [2.05, 4.69) is 31.3 Å². The maximum absolute atomic E-state index is 12.0. The minimum Gasteiger partial charge on any atom is -0.467 e. The molecular weight excluding hydrogens is 290 g/mol. The van der Waals surface area contributed by atoms with E-state index in [0.29, 0.717) is 12.3 Å². The van der Waals surface area contributed by atoms with E-state index in [1.54, 1.807) is 6.08 Å². The number of benzene rings is 1. The Balaban J connectivity index is 2.67. The maximum Gasteiger partial charge on any atom is 0.328 e. The molecule has 0 heterocycles. The molecule has 0 saturated carbocycles. The predicted octanol–water partition coefficient (Wildman–Crippen LogP) is 3.53. The number of nitrogens with one attached hydrogen (secondary N) is 1. The summed E-state index contributed by atoms with van der Waals surface area (Å²) in [5.74, 6) is 0.0517. The normalized spacial score (nSPS) is 12.7. The molecule has 1 atom stereocenters. The van der Waals surface area contributed by atoms with Crippen LogP contribution < -0.4 is 5.32 Å². The van der Waals surface area contributed by atoms with E-state index in [-0.39, 0.29) is 11.8 Å². The summed E-state index contributed by atoms with van der Waals surface area (Å²) in [6.07, 6.45) is 3.74. The lowest BCUT2D eigenvalue weighted by molar-refractivity contribution is -0.145. The number of carbonyl (C=O) groups is 2. The monoisotopic (exact) mass is 317 g/mol. The molecule has 1 aromatic rings. The first-order valence-corrected chi connectivity index (χ1v) is 7.99. The van der Waals surface area contributed by atoms with E-state index in [0.717, 1.165) is 5.56 Å². The van der Waals surface area contributed by atoms with E-state index < -0.39 is 12.0 Å². The number of hydrogen-bond acceptors (Lipinski definition) is 3. The van der Waals surface area contributed by atoms with Crippen LogP contribution in [0.25, 0.3) is 6.08 Å². The van der Waals surface area contributed by atoms with Crippen LogP contribution in [0, 0.1) is 5.92 Å². The fraction of sp³-hybridized carbons (Fsp3) is 0.474. The smallest absolute Gasteiger partial charge is 0.328 e. The fourth-order valence-electron chi connectivity index (χ4n) is 2.21. The van der Waals surface area contributed by atoms with Gasteiger partial charge in [0.2, 0.25) is 5.91 Å². The number of carbonyl (C=O) groups excluding carboxylic acids is 2. The Labute approximate surface area is 138 Å². The van der Waals surface area contributed by atoms with Crippen molar-refractivity contribution in [1.82, 2.24) is 5.32 Å². The van der Waals surface area contributed by atoms with Crippen molar-refractivity contribution in [2.24, 2.45) is 5.92 Å². The molecule has 0 spiro atoms. The summed E-state index contributed by atoms with van der Waals surface area (Å²) in [4.78, 5) is 23.7. The fourth-order valence-corrected chi connectivity index (χ4v) is 2.21. The lowest BCUT2D eigenvalue weighted by Crippen LogP contribution is -2.41. The highest BCUT2D eigenvalue weighted by Crippen LogP contribution is 2.15. The zero-order chi connectivity index (χ0) is 17.4. The minimum absolute atomic E-state index is 0.284. The second-order valence-corrected chi connectivity index (χ2v) is 6.37. The van der Waals surface area contributed by atoms with Gasteiger partial charge in [-0.2, -0.15) is 0 Å². The SMILES string of the molecule is COC(=O)[C@H](CC(C)C)NC(=O)/C=C/c1ccc(C(C)C)cc1. The van der Waals surface area contributed by atoms with Crippen molar-refractivity contribution in [3.05, 3.63) is 41.5 Å². The summed E-state index contributed by atoms with van der Waals surface area (Å²) in [6.45, 7) is 8.27. The van der Waals surface area contributed by atoms with Gasteiger partial charge in [-0.05, 0) is 35.5 Å². The van der Waals surface area contributed by atoms with Crippen molar-refractivity contribution >= 4 is 18.0 Å². The van der Waals surface area contributed by atoms with E-state index in [9.17, 15) is 9.59 Å². The van der Waals surface area contributed by atoms with E-state index >= 15 is 0 Å². The Morgan fingerprint density at radius 1 is 1.13 bits per heavy atom. The molecule has 23 heavy (non-hydrogen) atoms. The standard InChI is InChI=1S/C19H27NO3/c1-13(2)12-17(19(22)23-5)20-18(21)11-8-15-6-9-16(10-7-15)14(3)4/h6-11,13-14,17H,12H2,1-5H3,(H,20,21)/b11-8+/t17-/m0/s1. The summed E-state index contributed by atoms with van der Waals surface area (Å²) in [5, 5.41) is 2.70. The van der Waals surface area contributed by atoms with Gasteiger partial charge >= 0.3 is 5.97 Å². The summed E-state index contributed by atoms with van der Waals surface area (Å²) in [7, 11) is 1.33. The molecule has 0 unspecified atom stereocenters. The van der Waals surface area contributed by atoms with Gasteiger partial charge in [-0.3, -0.25) is 4.79 Å². The first-order valence-electron chi connectivity index (χ1n) is 7.99. The summed E-state index contributed by atoms with van der Waals surface area (Å²) < 4.78 is 4.73. The number of amides is 1. The Morgan fingerprint density at radius 2 is 1.74 bits per heavy atom. The molecule has 1 amide bonds. The Bertz CT molecular complexity index is 544. The molecule has 0 fully saturated rings. The van der Waals surface area contributed by atoms with Crippen molar-refractivity contribution in [3.8, 4) is 0 Å². The number of methoxy groups -OCH3 is 1. The Morgan fingerprint density at radius 3 is 2.22 bits per heavy atom. The zero-order valence-corrected chi connectivity index (χ0v) is 14.6. The van der Waals surface area contributed by atoms with Crippen molar-refractivity contribution in [3.63, 3.8) is 0 Å². The van der Waals surface area contributed by atoms with Crippen LogP contribution in [0.4, 0.5) is 0 Å². The maximum atomic E-state index is 12.0. The quantitative estimate of drug-likeness (QED) is 0.618. The van der Waals surface area contributed by atoms with Crippen LogP contribution in [-0.4, -0.2) is 25.0 Å². The van der Waals surface area contributed by atoms with Gasteiger partial charge in [-0.25, -0.2) is 4.79 Å². The average Bonchev–Trinajstić information content (AvgIpc) is 2.51. The molecule has 0 bridgehead atoms. The molecule has 0 aromatic heterocycles. The van der Waals surface area contributed by atoms with Crippen molar-refractivity contribution in [1.29, 1.82) is 0 Å². The number of rotatable bonds is 7. The van der Waals surface area contributed by atoms with Crippen LogP contribution >= 0.6 is 0 Å². The zero-order valence-electron chi connectivity index (χ0n) is 14.6. The Hall–Kier alpha value is -2.10. The second-order valence-electron chi connectivity index (χ2n) is 6.37. The number of ether oxygens (including phenoxy) is 1. The van der Waals surface area contributed by atoms with Gasteiger partial charge < -0.3 is 10.1 Å². The van der Waals surface area contributed by atoms with Crippen LogP contribution in [-0.2, 0) is 14.3 Å². The highest BCUT2D eigenvalue weighted by Gasteiger charge is 2.21. The molecule has 1 aromatic carbocycles. The van der Waals surface area contributed by atoms with Gasteiger partial charge in [-0.1, -0.05) is 52.0 Å². The second kappa shape index (κ2) is 9.13.